The molecule has 0 radical (unpaired) electrons. The summed E-state index contributed by atoms with van der Waals surface area (Å²) in [6.07, 6.45) is 0.102. The number of hydrogen-bond donors (Lipinski definition) is 1. The monoisotopic (exact) mass is 289 g/mol. The summed E-state index contributed by atoms with van der Waals surface area (Å²) in [6, 6.07) is 10.1. The second-order valence-electron chi connectivity index (χ2n) is 6.50. The number of carbonyl (C=O) groups excluding carboxylic acids is 1. The van der Waals surface area contributed by atoms with Gasteiger partial charge in [-0.15, -0.1) is 0 Å². The van der Waals surface area contributed by atoms with E-state index in [4.69, 9.17) is 0 Å². The number of carbonyl (C=O) groups is 1. The van der Waals surface area contributed by atoms with Crippen LogP contribution in [-0.4, -0.2) is 48.6 Å². The maximum Gasteiger partial charge on any atom is 0.245 e. The SMILES string of the molecule is CC(C)C1NC(c2ccccc2)C(=O)N1CC(C)N(C)C. The highest BCUT2D eigenvalue weighted by atomic mass is 16.2. The minimum Gasteiger partial charge on any atom is -0.324 e. The number of amides is 1. The average molecular weight is 289 g/mol. The Hall–Kier alpha value is -1.39. The first-order valence-electron chi connectivity index (χ1n) is 7.69. The van der Waals surface area contributed by atoms with E-state index in [2.05, 4.69) is 45.1 Å². The maximum absolute atomic E-state index is 12.8. The third-order valence-corrected chi connectivity index (χ3v) is 4.31. The summed E-state index contributed by atoms with van der Waals surface area (Å²) in [5, 5.41) is 3.51. The van der Waals surface area contributed by atoms with Crippen LogP contribution in [0.5, 0.6) is 0 Å². The van der Waals surface area contributed by atoms with Crippen LogP contribution in [-0.2, 0) is 4.79 Å². The zero-order valence-electron chi connectivity index (χ0n) is 13.7. The van der Waals surface area contributed by atoms with E-state index in [9.17, 15) is 4.79 Å². The van der Waals surface area contributed by atoms with E-state index in [1.54, 1.807) is 0 Å². The van der Waals surface area contributed by atoms with Crippen LogP contribution in [0, 0.1) is 5.92 Å². The van der Waals surface area contributed by atoms with Crippen LogP contribution in [0.25, 0.3) is 0 Å². The van der Waals surface area contributed by atoms with Crippen molar-refractivity contribution in [3.05, 3.63) is 35.9 Å². The zero-order chi connectivity index (χ0) is 15.6. The van der Waals surface area contributed by atoms with Gasteiger partial charge in [-0.25, -0.2) is 0 Å². The van der Waals surface area contributed by atoms with E-state index in [0.29, 0.717) is 12.0 Å². The van der Waals surface area contributed by atoms with Gasteiger partial charge in [-0.3, -0.25) is 10.1 Å². The second-order valence-corrected chi connectivity index (χ2v) is 6.50. The Bertz CT molecular complexity index is 472. The summed E-state index contributed by atoms with van der Waals surface area (Å²) in [7, 11) is 4.11. The summed E-state index contributed by atoms with van der Waals surface area (Å²) in [5.41, 5.74) is 1.05. The van der Waals surface area contributed by atoms with Gasteiger partial charge in [0.15, 0.2) is 0 Å². The van der Waals surface area contributed by atoms with Crippen LogP contribution in [0.4, 0.5) is 0 Å². The van der Waals surface area contributed by atoms with Crippen LogP contribution in [0.2, 0.25) is 0 Å². The van der Waals surface area contributed by atoms with Gasteiger partial charge in [0, 0.05) is 12.6 Å². The largest absolute Gasteiger partial charge is 0.324 e. The van der Waals surface area contributed by atoms with Crippen molar-refractivity contribution < 1.29 is 4.79 Å². The molecule has 1 aliphatic heterocycles. The number of rotatable bonds is 5. The fourth-order valence-corrected chi connectivity index (χ4v) is 2.72. The second kappa shape index (κ2) is 6.58. The summed E-state index contributed by atoms with van der Waals surface area (Å²) >= 11 is 0. The van der Waals surface area contributed by atoms with Crippen LogP contribution < -0.4 is 5.32 Å². The normalized spacial score (nSPS) is 24.1. The smallest absolute Gasteiger partial charge is 0.245 e. The molecule has 3 atom stereocenters. The Morgan fingerprint density at radius 3 is 2.33 bits per heavy atom. The van der Waals surface area contributed by atoms with E-state index in [1.165, 1.54) is 0 Å². The molecule has 1 amide bonds. The van der Waals surface area contributed by atoms with Gasteiger partial charge in [0.1, 0.15) is 6.04 Å². The molecule has 1 aromatic carbocycles. The van der Waals surface area contributed by atoms with Gasteiger partial charge in [0.25, 0.3) is 0 Å². The van der Waals surface area contributed by atoms with E-state index in [0.717, 1.165) is 12.1 Å². The van der Waals surface area contributed by atoms with E-state index >= 15 is 0 Å². The van der Waals surface area contributed by atoms with Crippen molar-refractivity contribution in [2.24, 2.45) is 5.92 Å². The van der Waals surface area contributed by atoms with Gasteiger partial charge in [-0.2, -0.15) is 0 Å². The molecule has 4 heteroatoms. The van der Waals surface area contributed by atoms with Gasteiger partial charge in [0.2, 0.25) is 5.91 Å². The molecule has 0 bridgehead atoms. The first-order valence-corrected chi connectivity index (χ1v) is 7.69. The van der Waals surface area contributed by atoms with Crippen molar-refractivity contribution in [1.29, 1.82) is 0 Å². The van der Waals surface area contributed by atoms with Crippen molar-refractivity contribution in [2.75, 3.05) is 20.6 Å². The average Bonchev–Trinajstić information content (AvgIpc) is 2.77. The highest BCUT2D eigenvalue weighted by molar-refractivity contribution is 5.85. The van der Waals surface area contributed by atoms with Crippen molar-refractivity contribution >= 4 is 5.91 Å². The van der Waals surface area contributed by atoms with E-state index < -0.39 is 0 Å². The molecule has 0 spiro atoms. The molecule has 0 saturated carbocycles. The van der Waals surface area contributed by atoms with Crippen LogP contribution in [0.3, 0.4) is 0 Å². The van der Waals surface area contributed by atoms with Gasteiger partial charge < -0.3 is 9.80 Å². The Morgan fingerprint density at radius 2 is 1.81 bits per heavy atom. The van der Waals surface area contributed by atoms with Gasteiger partial charge in [0.05, 0.1) is 6.17 Å². The topological polar surface area (TPSA) is 35.6 Å². The molecule has 1 saturated heterocycles. The van der Waals surface area contributed by atoms with Gasteiger partial charge >= 0.3 is 0 Å². The molecule has 3 unspecified atom stereocenters. The van der Waals surface area contributed by atoms with Crippen molar-refractivity contribution in [3.8, 4) is 0 Å². The lowest BCUT2D eigenvalue weighted by Crippen LogP contribution is -2.47. The third-order valence-electron chi connectivity index (χ3n) is 4.31. The summed E-state index contributed by atoms with van der Waals surface area (Å²) in [5.74, 6) is 0.575. The Kier molecular flexibility index (Phi) is 5.01. The number of hydrogen-bond acceptors (Lipinski definition) is 3. The van der Waals surface area contributed by atoms with Gasteiger partial charge in [-0.1, -0.05) is 44.2 Å². The fraction of sp³-hybridized carbons (Fsp3) is 0.588. The molecule has 1 heterocycles. The molecule has 1 fully saturated rings. The molecule has 1 N–H and O–H groups in total. The molecule has 21 heavy (non-hydrogen) atoms. The summed E-state index contributed by atoms with van der Waals surface area (Å²) < 4.78 is 0. The molecule has 1 aliphatic rings. The first kappa shape index (κ1) is 16.0. The predicted molar refractivity (Wildman–Crippen MR) is 85.8 cm³/mol. The molecular weight excluding hydrogens is 262 g/mol. The van der Waals surface area contributed by atoms with Crippen LogP contribution >= 0.6 is 0 Å². The number of benzene rings is 1. The van der Waals surface area contributed by atoms with Gasteiger partial charge in [-0.05, 0) is 32.5 Å². The number of likely N-dealkylation sites (N-methyl/N-ethyl adjacent to an activating group) is 1. The Balaban J connectivity index is 2.20. The molecular formula is C17H27N3O. The third kappa shape index (κ3) is 3.44. The van der Waals surface area contributed by atoms with Crippen LogP contribution in [0.1, 0.15) is 32.4 Å². The lowest BCUT2D eigenvalue weighted by Gasteiger charge is -2.31. The quantitative estimate of drug-likeness (QED) is 0.901. The standard InChI is InChI=1S/C17H27N3O/c1-12(2)16-18-15(14-9-7-6-8-10-14)17(21)20(16)11-13(3)19(4)5/h6-10,12-13,15-16,18H,11H2,1-5H3. The molecule has 116 valence electrons. The summed E-state index contributed by atoms with van der Waals surface area (Å²) in [6.45, 7) is 7.23. The Morgan fingerprint density at radius 1 is 1.19 bits per heavy atom. The lowest BCUT2D eigenvalue weighted by atomic mass is 10.1. The maximum atomic E-state index is 12.8. The first-order chi connectivity index (χ1) is 9.91. The van der Waals surface area contributed by atoms with E-state index in [-0.39, 0.29) is 18.1 Å². The zero-order valence-corrected chi connectivity index (χ0v) is 13.7. The molecule has 2 rings (SSSR count). The van der Waals surface area contributed by atoms with Crippen molar-refractivity contribution in [1.82, 2.24) is 15.1 Å². The molecule has 1 aromatic rings. The molecule has 0 aliphatic carbocycles. The molecule has 4 nitrogen and oxygen atoms in total. The minimum absolute atomic E-state index is 0.102. The lowest BCUT2D eigenvalue weighted by molar-refractivity contribution is -0.131. The highest BCUT2D eigenvalue weighted by Crippen LogP contribution is 2.27. The fourth-order valence-electron chi connectivity index (χ4n) is 2.72. The number of nitrogens with zero attached hydrogens (tertiary/aromatic N) is 2. The minimum atomic E-state index is -0.215. The summed E-state index contributed by atoms with van der Waals surface area (Å²) in [4.78, 5) is 17.0. The van der Waals surface area contributed by atoms with E-state index in [1.807, 2.05) is 35.2 Å². The highest BCUT2D eigenvalue weighted by Gasteiger charge is 2.41. The Labute approximate surface area is 128 Å². The molecule has 0 aromatic heterocycles. The van der Waals surface area contributed by atoms with Crippen LogP contribution in [0.15, 0.2) is 30.3 Å². The number of nitrogens with one attached hydrogen (secondary N) is 1. The predicted octanol–water partition coefficient (Wildman–Crippen LogP) is 2.09. The van der Waals surface area contributed by atoms with Crippen molar-refractivity contribution in [3.63, 3.8) is 0 Å². The van der Waals surface area contributed by atoms with Crippen molar-refractivity contribution in [2.45, 2.75) is 39.0 Å².